The third kappa shape index (κ3) is 2.11. The average molecular weight is 225 g/mol. The number of aromatic nitrogens is 2. The quantitative estimate of drug-likeness (QED) is 0.840. The largest absolute Gasteiger partial charge is 0.478 e. The van der Waals surface area contributed by atoms with Crippen molar-refractivity contribution in [1.29, 1.82) is 5.26 Å². The Balaban J connectivity index is 2.63. The molecule has 1 N–H and O–H groups in total. The topological polar surface area (TPSA) is 86.9 Å². The molecule has 0 unspecified atom stereocenters. The molecule has 0 spiro atoms. The molecule has 0 atom stereocenters. The smallest absolute Gasteiger partial charge is 0.336 e. The maximum absolute atomic E-state index is 11.1. The van der Waals surface area contributed by atoms with E-state index in [0.29, 0.717) is 17.0 Å². The Labute approximate surface area is 97.0 Å². The summed E-state index contributed by atoms with van der Waals surface area (Å²) in [5.41, 5.74) is 0.717. The monoisotopic (exact) mass is 225 g/mol. The number of carboxylic acids is 1. The molecule has 0 aliphatic heterocycles. The molecular formula is C12H7N3O2. The van der Waals surface area contributed by atoms with Crippen LogP contribution in [0.25, 0.3) is 11.4 Å². The van der Waals surface area contributed by atoms with E-state index in [9.17, 15) is 4.79 Å². The number of hydrogen-bond acceptors (Lipinski definition) is 4. The Hall–Kier alpha value is -2.74. The molecule has 2 rings (SSSR count). The number of benzene rings is 1. The number of aromatic carboxylic acids is 1. The van der Waals surface area contributed by atoms with Crippen molar-refractivity contribution < 1.29 is 9.90 Å². The van der Waals surface area contributed by atoms with E-state index in [-0.39, 0.29) is 5.56 Å². The zero-order valence-electron chi connectivity index (χ0n) is 8.66. The van der Waals surface area contributed by atoms with E-state index in [1.807, 2.05) is 6.07 Å². The van der Waals surface area contributed by atoms with Crippen molar-refractivity contribution in [2.75, 3.05) is 0 Å². The second-order valence-corrected chi connectivity index (χ2v) is 3.25. The van der Waals surface area contributed by atoms with Gasteiger partial charge in [0.05, 0.1) is 17.2 Å². The highest BCUT2D eigenvalue weighted by Crippen LogP contribution is 2.21. The fraction of sp³-hybridized carbons (Fsp3) is 0. The highest BCUT2D eigenvalue weighted by atomic mass is 16.4. The molecule has 0 radical (unpaired) electrons. The van der Waals surface area contributed by atoms with Gasteiger partial charge in [-0.15, -0.1) is 0 Å². The van der Waals surface area contributed by atoms with E-state index in [4.69, 9.17) is 10.4 Å². The van der Waals surface area contributed by atoms with Crippen molar-refractivity contribution >= 4 is 5.97 Å². The average Bonchev–Trinajstić information content (AvgIpc) is 2.39. The number of nitriles is 1. The van der Waals surface area contributed by atoms with Crippen molar-refractivity contribution in [3.8, 4) is 17.5 Å². The molecule has 0 bridgehead atoms. The molecule has 1 aromatic carbocycles. The molecule has 17 heavy (non-hydrogen) atoms. The molecule has 0 fully saturated rings. The summed E-state index contributed by atoms with van der Waals surface area (Å²) in [5.74, 6) is -0.779. The van der Waals surface area contributed by atoms with Crippen LogP contribution in [-0.4, -0.2) is 21.0 Å². The zero-order chi connectivity index (χ0) is 12.3. The lowest BCUT2D eigenvalue weighted by Crippen LogP contribution is -2.02. The van der Waals surface area contributed by atoms with Gasteiger partial charge >= 0.3 is 5.97 Å². The van der Waals surface area contributed by atoms with Crippen LogP contribution < -0.4 is 0 Å². The third-order valence-corrected chi connectivity index (χ3v) is 2.19. The van der Waals surface area contributed by atoms with Crippen LogP contribution in [0.5, 0.6) is 0 Å². The SMILES string of the molecule is N#Cc1ccc(-c2ncccn2)c(C(=O)O)c1. The summed E-state index contributed by atoms with van der Waals surface area (Å²) in [6.45, 7) is 0. The molecule has 0 saturated carbocycles. The molecule has 0 saturated heterocycles. The number of carbonyl (C=O) groups is 1. The van der Waals surface area contributed by atoms with Crippen LogP contribution in [0.4, 0.5) is 0 Å². The Morgan fingerprint density at radius 3 is 2.59 bits per heavy atom. The highest BCUT2D eigenvalue weighted by Gasteiger charge is 2.14. The Morgan fingerprint density at radius 1 is 1.29 bits per heavy atom. The van der Waals surface area contributed by atoms with Gasteiger partial charge in [-0.05, 0) is 24.3 Å². The van der Waals surface area contributed by atoms with E-state index in [2.05, 4.69) is 9.97 Å². The van der Waals surface area contributed by atoms with Gasteiger partial charge in [0.2, 0.25) is 0 Å². The fourth-order valence-electron chi connectivity index (χ4n) is 1.42. The molecule has 0 aliphatic rings. The van der Waals surface area contributed by atoms with Crippen molar-refractivity contribution in [2.24, 2.45) is 0 Å². The minimum absolute atomic E-state index is 0.0234. The minimum atomic E-state index is -1.11. The van der Waals surface area contributed by atoms with Crippen molar-refractivity contribution in [3.05, 3.63) is 47.8 Å². The van der Waals surface area contributed by atoms with Crippen molar-refractivity contribution in [1.82, 2.24) is 9.97 Å². The number of nitrogens with zero attached hydrogens (tertiary/aromatic N) is 3. The summed E-state index contributed by atoms with van der Waals surface area (Å²) in [6.07, 6.45) is 3.07. The number of carboxylic acid groups (broad SMARTS) is 1. The number of rotatable bonds is 2. The Morgan fingerprint density at radius 2 is 2.00 bits per heavy atom. The van der Waals surface area contributed by atoms with Crippen molar-refractivity contribution in [3.63, 3.8) is 0 Å². The van der Waals surface area contributed by atoms with Gasteiger partial charge in [0.25, 0.3) is 0 Å². The predicted molar refractivity (Wildman–Crippen MR) is 59.1 cm³/mol. The van der Waals surface area contributed by atoms with Gasteiger partial charge in [-0.3, -0.25) is 0 Å². The Kier molecular flexibility index (Phi) is 2.79. The van der Waals surface area contributed by atoms with Gasteiger partial charge in [-0.1, -0.05) is 0 Å². The summed E-state index contributed by atoms with van der Waals surface area (Å²) in [5, 5.41) is 17.8. The molecule has 1 heterocycles. The minimum Gasteiger partial charge on any atom is -0.478 e. The van der Waals surface area contributed by atoms with Gasteiger partial charge < -0.3 is 5.11 Å². The maximum atomic E-state index is 11.1. The van der Waals surface area contributed by atoms with Crippen molar-refractivity contribution in [2.45, 2.75) is 0 Å². The molecule has 0 amide bonds. The van der Waals surface area contributed by atoms with Crippen LogP contribution >= 0.6 is 0 Å². The summed E-state index contributed by atoms with van der Waals surface area (Å²) in [7, 11) is 0. The highest BCUT2D eigenvalue weighted by molar-refractivity contribution is 5.95. The zero-order valence-corrected chi connectivity index (χ0v) is 8.66. The second kappa shape index (κ2) is 4.41. The molecule has 2 aromatic rings. The first kappa shape index (κ1) is 10.8. The summed E-state index contributed by atoms with van der Waals surface area (Å²) in [6, 6.07) is 7.94. The standard InChI is InChI=1S/C12H7N3O2/c13-7-8-2-3-9(10(6-8)12(16)17)11-14-4-1-5-15-11/h1-6H,(H,16,17). The summed E-state index contributed by atoms with van der Waals surface area (Å²) >= 11 is 0. The van der Waals surface area contributed by atoms with Crippen LogP contribution in [0.2, 0.25) is 0 Å². The van der Waals surface area contributed by atoms with E-state index in [0.717, 1.165) is 0 Å². The lowest BCUT2D eigenvalue weighted by Gasteiger charge is -2.04. The van der Waals surface area contributed by atoms with Gasteiger partial charge in [0.1, 0.15) is 0 Å². The second-order valence-electron chi connectivity index (χ2n) is 3.25. The van der Waals surface area contributed by atoms with Crippen LogP contribution in [-0.2, 0) is 0 Å². The van der Waals surface area contributed by atoms with E-state index < -0.39 is 5.97 Å². The summed E-state index contributed by atoms with van der Waals surface area (Å²) in [4.78, 5) is 19.1. The van der Waals surface area contributed by atoms with E-state index in [1.54, 1.807) is 6.07 Å². The normalized spacial score (nSPS) is 9.59. The lowest BCUT2D eigenvalue weighted by atomic mass is 10.0. The fourth-order valence-corrected chi connectivity index (χ4v) is 1.42. The first-order valence-electron chi connectivity index (χ1n) is 4.77. The lowest BCUT2D eigenvalue weighted by molar-refractivity contribution is 0.0697. The number of hydrogen-bond donors (Lipinski definition) is 1. The summed E-state index contributed by atoms with van der Waals surface area (Å²) < 4.78 is 0. The first-order valence-corrected chi connectivity index (χ1v) is 4.77. The predicted octanol–water partition coefficient (Wildman–Crippen LogP) is 1.71. The molecule has 5 heteroatoms. The van der Waals surface area contributed by atoms with Crippen LogP contribution in [0, 0.1) is 11.3 Å². The molecule has 0 aliphatic carbocycles. The van der Waals surface area contributed by atoms with Crippen LogP contribution in [0.15, 0.2) is 36.7 Å². The maximum Gasteiger partial charge on any atom is 0.336 e. The Bertz CT molecular complexity index is 603. The third-order valence-electron chi connectivity index (χ3n) is 2.19. The van der Waals surface area contributed by atoms with Gasteiger partial charge in [0, 0.05) is 18.0 Å². The van der Waals surface area contributed by atoms with Gasteiger partial charge in [-0.2, -0.15) is 5.26 Å². The van der Waals surface area contributed by atoms with Gasteiger partial charge in [-0.25, -0.2) is 14.8 Å². The molecule has 5 nitrogen and oxygen atoms in total. The first-order chi connectivity index (χ1) is 8.22. The van der Waals surface area contributed by atoms with E-state index >= 15 is 0 Å². The molecule has 1 aromatic heterocycles. The molecular weight excluding hydrogens is 218 g/mol. The molecule has 82 valence electrons. The van der Waals surface area contributed by atoms with Crippen LogP contribution in [0.3, 0.4) is 0 Å². The van der Waals surface area contributed by atoms with Gasteiger partial charge in [0.15, 0.2) is 5.82 Å². The van der Waals surface area contributed by atoms with Crippen LogP contribution in [0.1, 0.15) is 15.9 Å². The van der Waals surface area contributed by atoms with E-state index in [1.165, 1.54) is 30.6 Å².